The van der Waals surface area contributed by atoms with Crippen molar-refractivity contribution in [1.82, 2.24) is 13.1 Å². The van der Waals surface area contributed by atoms with E-state index in [0.717, 1.165) is 11.7 Å². The highest BCUT2D eigenvalue weighted by molar-refractivity contribution is 7.89. The minimum Gasteiger partial charge on any atom is -0.373 e. The minimum atomic E-state index is -3.57. The number of rotatable bonds is 2. The van der Waals surface area contributed by atoms with Crippen molar-refractivity contribution < 1.29 is 13.2 Å². The number of nitrogens with zero attached hydrogens (tertiary/aromatic N) is 3. The molecular formula is C12H15N3O3S2. The van der Waals surface area contributed by atoms with Gasteiger partial charge in [-0.2, -0.15) is 13.1 Å². The van der Waals surface area contributed by atoms with Crippen LogP contribution in [0.3, 0.4) is 0 Å². The Labute approximate surface area is 121 Å². The largest absolute Gasteiger partial charge is 0.373 e. The highest BCUT2D eigenvalue weighted by Crippen LogP contribution is 2.26. The number of sulfonamides is 1. The van der Waals surface area contributed by atoms with Gasteiger partial charge in [0.1, 0.15) is 15.9 Å². The first-order chi connectivity index (χ1) is 9.48. The van der Waals surface area contributed by atoms with Gasteiger partial charge in [0.15, 0.2) is 0 Å². The van der Waals surface area contributed by atoms with E-state index in [1.165, 1.54) is 4.31 Å². The Morgan fingerprint density at radius 3 is 2.65 bits per heavy atom. The van der Waals surface area contributed by atoms with Gasteiger partial charge >= 0.3 is 0 Å². The molecule has 2 atom stereocenters. The molecule has 3 rings (SSSR count). The lowest BCUT2D eigenvalue weighted by Crippen LogP contribution is -2.48. The van der Waals surface area contributed by atoms with Crippen LogP contribution in [0.15, 0.2) is 23.1 Å². The van der Waals surface area contributed by atoms with Crippen molar-refractivity contribution in [2.45, 2.75) is 31.0 Å². The Balaban J connectivity index is 2.05. The first-order valence-electron chi connectivity index (χ1n) is 6.35. The molecule has 0 radical (unpaired) electrons. The van der Waals surface area contributed by atoms with Crippen LogP contribution in [0.2, 0.25) is 0 Å². The molecule has 1 aliphatic heterocycles. The van der Waals surface area contributed by atoms with Crippen LogP contribution in [0, 0.1) is 0 Å². The summed E-state index contributed by atoms with van der Waals surface area (Å²) in [6.45, 7) is 4.48. The molecular weight excluding hydrogens is 298 g/mol. The van der Waals surface area contributed by atoms with E-state index in [1.807, 2.05) is 13.8 Å². The summed E-state index contributed by atoms with van der Waals surface area (Å²) in [5.41, 5.74) is 1.06. The van der Waals surface area contributed by atoms with Crippen molar-refractivity contribution in [3.63, 3.8) is 0 Å². The number of hydrogen-bond acceptors (Lipinski definition) is 6. The van der Waals surface area contributed by atoms with Crippen molar-refractivity contribution in [3.8, 4) is 0 Å². The van der Waals surface area contributed by atoms with Crippen molar-refractivity contribution in [2.75, 3.05) is 13.1 Å². The molecule has 8 heteroatoms. The lowest BCUT2D eigenvalue weighted by Gasteiger charge is -2.34. The van der Waals surface area contributed by atoms with Gasteiger partial charge in [0.2, 0.25) is 10.0 Å². The number of hydrogen-bond donors (Lipinski definition) is 0. The van der Waals surface area contributed by atoms with Gasteiger partial charge in [-0.3, -0.25) is 0 Å². The summed E-state index contributed by atoms with van der Waals surface area (Å²) < 4.78 is 40.9. The van der Waals surface area contributed by atoms with E-state index < -0.39 is 10.0 Å². The fraction of sp³-hybridized carbons (Fsp3) is 0.500. The molecule has 6 nitrogen and oxygen atoms in total. The molecule has 0 unspecified atom stereocenters. The monoisotopic (exact) mass is 313 g/mol. The molecule has 0 saturated carbocycles. The van der Waals surface area contributed by atoms with E-state index in [2.05, 4.69) is 8.75 Å². The molecule has 1 aromatic heterocycles. The summed E-state index contributed by atoms with van der Waals surface area (Å²) >= 11 is 1.02. The van der Waals surface area contributed by atoms with Gasteiger partial charge in [0.05, 0.1) is 23.9 Å². The van der Waals surface area contributed by atoms with E-state index in [0.29, 0.717) is 24.1 Å². The van der Waals surface area contributed by atoms with Crippen LogP contribution in [-0.2, 0) is 14.8 Å². The lowest BCUT2D eigenvalue weighted by molar-refractivity contribution is -0.0440. The average molecular weight is 313 g/mol. The third-order valence-corrected chi connectivity index (χ3v) is 5.66. The van der Waals surface area contributed by atoms with Crippen LogP contribution in [0.4, 0.5) is 0 Å². The summed E-state index contributed by atoms with van der Waals surface area (Å²) in [6.07, 6.45) is -0.220. The third-order valence-electron chi connectivity index (χ3n) is 3.25. The van der Waals surface area contributed by atoms with Crippen molar-refractivity contribution in [2.24, 2.45) is 0 Å². The molecule has 0 N–H and O–H groups in total. The fourth-order valence-corrected chi connectivity index (χ4v) is 4.80. The fourth-order valence-electron chi connectivity index (χ4n) is 2.46. The maximum atomic E-state index is 12.8. The van der Waals surface area contributed by atoms with Gasteiger partial charge in [-0.1, -0.05) is 6.07 Å². The van der Waals surface area contributed by atoms with Crippen molar-refractivity contribution in [3.05, 3.63) is 18.2 Å². The number of benzene rings is 1. The predicted octanol–water partition coefficient (Wildman–Crippen LogP) is 1.49. The maximum Gasteiger partial charge on any atom is 0.245 e. The Morgan fingerprint density at radius 2 is 1.95 bits per heavy atom. The normalized spacial score (nSPS) is 25.1. The molecule has 2 aromatic rings. The highest BCUT2D eigenvalue weighted by atomic mass is 32.2. The zero-order valence-corrected chi connectivity index (χ0v) is 12.8. The smallest absolute Gasteiger partial charge is 0.245 e. The van der Waals surface area contributed by atoms with E-state index in [9.17, 15) is 8.42 Å². The highest BCUT2D eigenvalue weighted by Gasteiger charge is 2.33. The first kappa shape index (κ1) is 13.9. The summed E-state index contributed by atoms with van der Waals surface area (Å²) in [5.74, 6) is 0. The molecule has 1 aliphatic rings. The topological polar surface area (TPSA) is 72.4 Å². The predicted molar refractivity (Wildman–Crippen MR) is 76.2 cm³/mol. The van der Waals surface area contributed by atoms with Crippen LogP contribution in [0.1, 0.15) is 13.8 Å². The van der Waals surface area contributed by atoms with Crippen molar-refractivity contribution in [1.29, 1.82) is 0 Å². The lowest BCUT2D eigenvalue weighted by atomic mass is 10.3. The van der Waals surface area contributed by atoms with Crippen LogP contribution in [0.25, 0.3) is 11.0 Å². The van der Waals surface area contributed by atoms with Gasteiger partial charge < -0.3 is 4.74 Å². The minimum absolute atomic E-state index is 0.110. The third kappa shape index (κ3) is 2.32. The number of aromatic nitrogens is 2. The molecule has 2 heterocycles. The molecule has 0 amide bonds. The Kier molecular flexibility index (Phi) is 3.49. The molecule has 1 saturated heterocycles. The van der Waals surface area contributed by atoms with Crippen LogP contribution in [0.5, 0.6) is 0 Å². The molecule has 1 fully saturated rings. The summed E-state index contributed by atoms with van der Waals surface area (Å²) in [4.78, 5) is 0.227. The number of morpholine rings is 1. The van der Waals surface area contributed by atoms with Gasteiger partial charge in [0, 0.05) is 13.1 Å². The molecule has 0 bridgehead atoms. The van der Waals surface area contributed by atoms with Gasteiger partial charge in [-0.05, 0) is 26.0 Å². The number of ether oxygens (including phenoxy) is 1. The SMILES string of the molecule is C[C@H]1CN(S(=O)(=O)c2cccc3nsnc23)C[C@H](C)O1. The standard InChI is InChI=1S/C12H15N3O3S2/c1-8-6-15(7-9(2)18-8)20(16,17)11-5-3-4-10-12(11)14-19-13-10/h3-5,8-9H,6-7H2,1-2H3/t8-,9-/m0/s1. The second kappa shape index (κ2) is 5.03. The van der Waals surface area contributed by atoms with E-state index in [-0.39, 0.29) is 17.1 Å². The molecule has 20 heavy (non-hydrogen) atoms. The van der Waals surface area contributed by atoms with Crippen molar-refractivity contribution >= 4 is 32.8 Å². The Bertz CT molecular complexity index is 718. The van der Waals surface area contributed by atoms with E-state index in [4.69, 9.17) is 4.74 Å². The van der Waals surface area contributed by atoms with E-state index in [1.54, 1.807) is 18.2 Å². The summed E-state index contributed by atoms with van der Waals surface area (Å²) in [6, 6.07) is 5.05. The first-order valence-corrected chi connectivity index (χ1v) is 8.52. The Morgan fingerprint density at radius 1 is 1.25 bits per heavy atom. The maximum absolute atomic E-state index is 12.8. The molecule has 1 aromatic carbocycles. The zero-order chi connectivity index (χ0) is 14.3. The summed E-state index contributed by atoms with van der Waals surface area (Å²) in [7, 11) is -3.57. The summed E-state index contributed by atoms with van der Waals surface area (Å²) in [5, 5.41) is 0. The quantitative estimate of drug-likeness (QED) is 0.840. The number of fused-ring (bicyclic) bond motifs is 1. The van der Waals surface area contributed by atoms with Crippen LogP contribution >= 0.6 is 11.7 Å². The second-order valence-corrected chi connectivity index (χ2v) is 7.40. The van der Waals surface area contributed by atoms with Gasteiger partial charge in [-0.15, -0.1) is 0 Å². The second-order valence-electron chi connectivity index (χ2n) is 4.97. The molecule has 108 valence electrons. The van der Waals surface area contributed by atoms with Gasteiger partial charge in [-0.25, -0.2) is 8.42 Å². The zero-order valence-electron chi connectivity index (χ0n) is 11.2. The molecule has 0 spiro atoms. The van der Waals surface area contributed by atoms with Gasteiger partial charge in [0.25, 0.3) is 0 Å². The van der Waals surface area contributed by atoms with Crippen LogP contribution in [-0.4, -0.2) is 46.8 Å². The average Bonchev–Trinajstić information content (AvgIpc) is 2.85. The van der Waals surface area contributed by atoms with Crippen LogP contribution < -0.4 is 0 Å². The van der Waals surface area contributed by atoms with E-state index >= 15 is 0 Å². The Hall–Kier alpha value is -1.09. The molecule has 0 aliphatic carbocycles.